The zero-order chi connectivity index (χ0) is 23.9. The van der Waals surface area contributed by atoms with E-state index in [4.69, 9.17) is 4.99 Å². The van der Waals surface area contributed by atoms with Crippen LogP contribution in [0.25, 0.3) is 0 Å². The summed E-state index contributed by atoms with van der Waals surface area (Å²) in [7, 11) is 0. The van der Waals surface area contributed by atoms with Gasteiger partial charge in [-0.15, -0.1) is 0 Å². The molecule has 3 aromatic rings. The van der Waals surface area contributed by atoms with Gasteiger partial charge in [0.15, 0.2) is 0 Å². The van der Waals surface area contributed by atoms with E-state index in [0.717, 1.165) is 30.5 Å². The van der Waals surface area contributed by atoms with E-state index < -0.39 is 0 Å². The first-order valence-corrected chi connectivity index (χ1v) is 11.9. The minimum atomic E-state index is -0.167. The molecule has 5 heteroatoms. The van der Waals surface area contributed by atoms with Gasteiger partial charge in [0.05, 0.1) is 23.5 Å². The summed E-state index contributed by atoms with van der Waals surface area (Å²) in [6, 6.07) is 25.9. The predicted molar refractivity (Wildman–Crippen MR) is 138 cm³/mol. The van der Waals surface area contributed by atoms with Crippen LogP contribution in [0.2, 0.25) is 0 Å². The van der Waals surface area contributed by atoms with Crippen molar-refractivity contribution in [3.8, 4) is 0 Å². The molecule has 1 N–H and O–H groups in total. The lowest BCUT2D eigenvalue weighted by Gasteiger charge is -2.23. The average Bonchev–Trinajstić information content (AvgIpc) is 3.00. The highest BCUT2D eigenvalue weighted by Crippen LogP contribution is 2.32. The SMILES string of the molecule is CCc1ccc(C2=Nc3ccccc3N(CC(=O)N[C@H](C)CCc3ccccc3)C(=O)C2)cc1. The van der Waals surface area contributed by atoms with Crippen molar-refractivity contribution < 1.29 is 9.59 Å². The van der Waals surface area contributed by atoms with Crippen molar-refractivity contribution in [3.63, 3.8) is 0 Å². The molecule has 3 aromatic carbocycles. The van der Waals surface area contributed by atoms with Crippen LogP contribution in [0.4, 0.5) is 11.4 Å². The van der Waals surface area contributed by atoms with Crippen LogP contribution in [-0.4, -0.2) is 30.1 Å². The highest BCUT2D eigenvalue weighted by molar-refractivity contribution is 6.18. The highest BCUT2D eigenvalue weighted by atomic mass is 16.2. The van der Waals surface area contributed by atoms with Gasteiger partial charge in [-0.05, 0) is 55.0 Å². The second kappa shape index (κ2) is 10.9. The second-order valence-electron chi connectivity index (χ2n) is 8.75. The minimum absolute atomic E-state index is 0.00826. The number of nitrogens with one attached hydrogen (secondary N) is 1. The molecule has 0 aliphatic carbocycles. The number of para-hydroxylation sites is 2. The molecule has 5 nitrogen and oxygen atoms in total. The molecule has 0 radical (unpaired) electrons. The van der Waals surface area contributed by atoms with Gasteiger partial charge in [-0.1, -0.05) is 73.7 Å². The van der Waals surface area contributed by atoms with Crippen LogP contribution in [0.15, 0.2) is 83.9 Å². The second-order valence-corrected chi connectivity index (χ2v) is 8.75. The number of aryl methyl sites for hydroxylation is 2. The number of rotatable bonds is 8. The molecule has 2 amide bonds. The fourth-order valence-corrected chi connectivity index (χ4v) is 4.18. The molecule has 0 fully saturated rings. The molecule has 174 valence electrons. The van der Waals surface area contributed by atoms with Crippen LogP contribution in [0.3, 0.4) is 0 Å². The predicted octanol–water partition coefficient (Wildman–Crippen LogP) is 5.24. The van der Waals surface area contributed by atoms with Gasteiger partial charge in [-0.2, -0.15) is 0 Å². The summed E-state index contributed by atoms with van der Waals surface area (Å²) in [5.41, 5.74) is 5.51. The van der Waals surface area contributed by atoms with Gasteiger partial charge in [0.25, 0.3) is 0 Å². The summed E-state index contributed by atoms with van der Waals surface area (Å²) < 4.78 is 0. The summed E-state index contributed by atoms with van der Waals surface area (Å²) in [6.07, 6.45) is 2.83. The number of fused-ring (bicyclic) bond motifs is 1. The number of carbonyl (C=O) groups is 2. The maximum atomic E-state index is 13.3. The minimum Gasteiger partial charge on any atom is -0.352 e. The topological polar surface area (TPSA) is 61.8 Å². The molecule has 34 heavy (non-hydrogen) atoms. The summed E-state index contributed by atoms with van der Waals surface area (Å²) >= 11 is 0. The van der Waals surface area contributed by atoms with Crippen molar-refractivity contribution in [3.05, 3.63) is 95.6 Å². The smallest absolute Gasteiger partial charge is 0.240 e. The van der Waals surface area contributed by atoms with Gasteiger partial charge in [0.2, 0.25) is 11.8 Å². The summed E-state index contributed by atoms with van der Waals surface area (Å²) in [4.78, 5) is 32.5. The van der Waals surface area contributed by atoms with Gasteiger partial charge in [-0.25, -0.2) is 0 Å². The molecule has 0 bridgehead atoms. The van der Waals surface area contributed by atoms with E-state index in [1.54, 1.807) is 4.90 Å². The summed E-state index contributed by atoms with van der Waals surface area (Å²) in [5, 5.41) is 3.05. The number of carbonyl (C=O) groups excluding carboxylic acids is 2. The van der Waals surface area contributed by atoms with Crippen LogP contribution < -0.4 is 10.2 Å². The largest absolute Gasteiger partial charge is 0.352 e. The molecular weight excluding hydrogens is 422 g/mol. The van der Waals surface area contributed by atoms with E-state index in [2.05, 4.69) is 36.5 Å². The van der Waals surface area contributed by atoms with Crippen molar-refractivity contribution in [1.82, 2.24) is 5.32 Å². The van der Waals surface area contributed by atoms with Gasteiger partial charge in [0.1, 0.15) is 6.54 Å². The lowest BCUT2D eigenvalue weighted by Crippen LogP contribution is -2.43. The Hall–Kier alpha value is -3.73. The molecule has 1 aliphatic heterocycles. The average molecular weight is 454 g/mol. The zero-order valence-corrected chi connectivity index (χ0v) is 19.8. The number of nitrogens with zero attached hydrogens (tertiary/aromatic N) is 2. The number of aliphatic imine (C=N–C) groups is 1. The van der Waals surface area contributed by atoms with Crippen molar-refractivity contribution >= 4 is 28.9 Å². The van der Waals surface area contributed by atoms with Crippen molar-refractivity contribution in [2.75, 3.05) is 11.4 Å². The Morgan fingerprint density at radius 1 is 0.971 bits per heavy atom. The van der Waals surface area contributed by atoms with Crippen molar-refractivity contribution in [2.45, 2.75) is 45.6 Å². The fourth-order valence-electron chi connectivity index (χ4n) is 4.18. The molecule has 0 saturated heterocycles. The van der Waals surface area contributed by atoms with Gasteiger partial charge in [0, 0.05) is 6.04 Å². The Labute approximate surface area is 201 Å². The van der Waals surface area contributed by atoms with E-state index in [1.165, 1.54) is 11.1 Å². The number of amides is 2. The third-order valence-corrected chi connectivity index (χ3v) is 6.16. The molecule has 1 aliphatic rings. The van der Waals surface area contributed by atoms with Crippen LogP contribution in [0, 0.1) is 0 Å². The quantitative estimate of drug-likeness (QED) is 0.507. The molecule has 4 rings (SSSR count). The number of anilines is 1. The molecule has 1 atom stereocenters. The van der Waals surface area contributed by atoms with Crippen molar-refractivity contribution in [1.29, 1.82) is 0 Å². The Morgan fingerprint density at radius 2 is 1.68 bits per heavy atom. The lowest BCUT2D eigenvalue weighted by molar-refractivity contribution is -0.123. The van der Waals surface area contributed by atoms with E-state index in [-0.39, 0.29) is 30.8 Å². The Morgan fingerprint density at radius 3 is 2.41 bits per heavy atom. The molecule has 1 heterocycles. The highest BCUT2D eigenvalue weighted by Gasteiger charge is 2.27. The summed E-state index contributed by atoms with van der Waals surface area (Å²) in [5.74, 6) is -0.296. The lowest BCUT2D eigenvalue weighted by atomic mass is 10.0. The monoisotopic (exact) mass is 453 g/mol. The van der Waals surface area contributed by atoms with E-state index in [0.29, 0.717) is 11.4 Å². The first-order chi connectivity index (χ1) is 16.5. The Kier molecular flexibility index (Phi) is 7.53. The zero-order valence-electron chi connectivity index (χ0n) is 19.8. The van der Waals surface area contributed by atoms with Gasteiger partial charge in [-0.3, -0.25) is 14.6 Å². The van der Waals surface area contributed by atoms with E-state index >= 15 is 0 Å². The molecule has 0 spiro atoms. The van der Waals surface area contributed by atoms with Gasteiger partial charge >= 0.3 is 0 Å². The molecule has 0 aromatic heterocycles. The number of hydrogen-bond donors (Lipinski definition) is 1. The number of benzene rings is 3. The Bertz CT molecular complexity index is 1170. The fraction of sp³-hybridized carbons (Fsp3) is 0.276. The first-order valence-electron chi connectivity index (χ1n) is 11.9. The normalized spacial score (nSPS) is 14.1. The van der Waals surface area contributed by atoms with E-state index in [9.17, 15) is 9.59 Å². The van der Waals surface area contributed by atoms with Crippen LogP contribution >= 0.6 is 0 Å². The molecular formula is C29H31N3O2. The Balaban J connectivity index is 1.45. The van der Waals surface area contributed by atoms with Crippen LogP contribution in [0.1, 0.15) is 43.4 Å². The van der Waals surface area contributed by atoms with Gasteiger partial charge < -0.3 is 10.2 Å². The maximum absolute atomic E-state index is 13.3. The van der Waals surface area contributed by atoms with E-state index in [1.807, 2.05) is 61.5 Å². The molecule has 0 saturated carbocycles. The van der Waals surface area contributed by atoms with Crippen LogP contribution in [-0.2, 0) is 22.4 Å². The third kappa shape index (κ3) is 5.79. The standard InChI is InChI=1S/C29H31N3O2/c1-3-22-15-17-24(18-16-22)26-19-29(34)32(27-12-8-7-11-25(27)31-26)20-28(33)30-21(2)13-14-23-9-5-4-6-10-23/h4-12,15-18,21H,3,13-14,19-20H2,1-2H3,(H,30,33)/t21-/m1/s1. The van der Waals surface area contributed by atoms with Crippen LogP contribution in [0.5, 0.6) is 0 Å². The molecule has 0 unspecified atom stereocenters. The number of hydrogen-bond acceptors (Lipinski definition) is 3. The summed E-state index contributed by atoms with van der Waals surface area (Å²) in [6.45, 7) is 4.09. The van der Waals surface area contributed by atoms with Crippen molar-refractivity contribution in [2.24, 2.45) is 4.99 Å². The first kappa shape index (κ1) is 23.4. The maximum Gasteiger partial charge on any atom is 0.240 e. The third-order valence-electron chi connectivity index (χ3n) is 6.16.